The Bertz CT molecular complexity index is 304. The van der Waals surface area contributed by atoms with Gasteiger partial charge in [-0.25, -0.2) is 4.98 Å². The summed E-state index contributed by atoms with van der Waals surface area (Å²) in [6.07, 6.45) is 12.4. The second-order valence-electron chi connectivity index (χ2n) is 5.46. The molecule has 1 aromatic rings. The van der Waals surface area contributed by atoms with E-state index in [2.05, 4.69) is 27.4 Å². The Balaban J connectivity index is 1.80. The van der Waals surface area contributed by atoms with Crippen LogP contribution in [0.5, 0.6) is 0 Å². The third-order valence-electron chi connectivity index (χ3n) is 3.99. The SMILES string of the molecule is CCCNC(CCC1CCCCC1)c1ncn[nH]1. The summed E-state index contributed by atoms with van der Waals surface area (Å²) >= 11 is 0. The van der Waals surface area contributed by atoms with Crippen LogP contribution in [0.4, 0.5) is 0 Å². The molecule has 0 saturated heterocycles. The highest BCUT2D eigenvalue weighted by molar-refractivity contribution is 4.91. The fourth-order valence-electron chi connectivity index (χ4n) is 2.92. The molecule has 1 heterocycles. The molecule has 0 radical (unpaired) electrons. The standard InChI is InChI=1S/C14H26N4/c1-2-10-15-13(14-16-11-17-18-14)9-8-12-6-4-3-5-7-12/h11-13,15H,2-10H2,1H3,(H,16,17,18). The monoisotopic (exact) mass is 250 g/mol. The second kappa shape index (κ2) is 7.52. The van der Waals surface area contributed by atoms with Crippen molar-refractivity contribution in [2.45, 2.75) is 64.3 Å². The molecule has 1 fully saturated rings. The van der Waals surface area contributed by atoms with E-state index in [1.165, 1.54) is 44.9 Å². The summed E-state index contributed by atoms with van der Waals surface area (Å²) in [6, 6.07) is 0.356. The third-order valence-corrected chi connectivity index (χ3v) is 3.99. The second-order valence-corrected chi connectivity index (χ2v) is 5.46. The number of aromatic nitrogens is 3. The van der Waals surface area contributed by atoms with E-state index in [1.807, 2.05) is 0 Å². The van der Waals surface area contributed by atoms with Crippen molar-refractivity contribution in [3.8, 4) is 0 Å². The zero-order valence-electron chi connectivity index (χ0n) is 11.5. The summed E-state index contributed by atoms with van der Waals surface area (Å²) in [4.78, 5) is 4.30. The Hall–Kier alpha value is -0.900. The van der Waals surface area contributed by atoms with Gasteiger partial charge in [-0.1, -0.05) is 39.0 Å². The molecule has 1 atom stereocenters. The molecule has 4 nitrogen and oxygen atoms in total. The van der Waals surface area contributed by atoms with Crippen molar-refractivity contribution >= 4 is 0 Å². The van der Waals surface area contributed by atoms with E-state index in [9.17, 15) is 0 Å². The summed E-state index contributed by atoms with van der Waals surface area (Å²) in [7, 11) is 0. The molecule has 2 N–H and O–H groups in total. The Kier molecular flexibility index (Phi) is 5.65. The maximum atomic E-state index is 4.30. The summed E-state index contributed by atoms with van der Waals surface area (Å²) in [5, 5.41) is 10.6. The molecule has 1 saturated carbocycles. The van der Waals surface area contributed by atoms with Gasteiger partial charge in [-0.05, 0) is 31.7 Å². The molecule has 0 aromatic carbocycles. The lowest BCUT2D eigenvalue weighted by Crippen LogP contribution is -2.24. The first kappa shape index (κ1) is 13.5. The van der Waals surface area contributed by atoms with E-state index in [0.717, 1.165) is 24.7 Å². The van der Waals surface area contributed by atoms with Crippen LogP contribution < -0.4 is 5.32 Å². The molecule has 1 aliphatic rings. The fraction of sp³-hybridized carbons (Fsp3) is 0.857. The summed E-state index contributed by atoms with van der Waals surface area (Å²) in [5.41, 5.74) is 0. The molecule has 2 rings (SSSR count). The average Bonchev–Trinajstić information content (AvgIpc) is 2.94. The van der Waals surface area contributed by atoms with Gasteiger partial charge in [0.25, 0.3) is 0 Å². The van der Waals surface area contributed by atoms with Gasteiger partial charge in [0.15, 0.2) is 0 Å². The first-order chi connectivity index (χ1) is 8.90. The maximum Gasteiger partial charge on any atom is 0.141 e. The molecule has 1 aromatic heterocycles. The van der Waals surface area contributed by atoms with E-state index in [1.54, 1.807) is 6.33 Å². The fourth-order valence-corrected chi connectivity index (χ4v) is 2.92. The average molecular weight is 250 g/mol. The van der Waals surface area contributed by atoms with Gasteiger partial charge in [0, 0.05) is 0 Å². The van der Waals surface area contributed by atoms with Crippen LogP contribution >= 0.6 is 0 Å². The topological polar surface area (TPSA) is 53.6 Å². The predicted molar refractivity (Wildman–Crippen MR) is 73.2 cm³/mol. The number of H-pyrrole nitrogens is 1. The van der Waals surface area contributed by atoms with Gasteiger partial charge in [-0.2, -0.15) is 5.10 Å². The first-order valence-corrected chi connectivity index (χ1v) is 7.48. The van der Waals surface area contributed by atoms with Gasteiger partial charge in [0.2, 0.25) is 0 Å². The molecular weight excluding hydrogens is 224 g/mol. The number of hydrogen-bond acceptors (Lipinski definition) is 3. The van der Waals surface area contributed by atoms with Gasteiger partial charge < -0.3 is 5.32 Å². The van der Waals surface area contributed by atoms with Gasteiger partial charge in [0.05, 0.1) is 6.04 Å². The number of aromatic amines is 1. The Morgan fingerprint density at radius 1 is 1.39 bits per heavy atom. The Morgan fingerprint density at radius 3 is 2.89 bits per heavy atom. The summed E-state index contributed by atoms with van der Waals surface area (Å²) < 4.78 is 0. The minimum Gasteiger partial charge on any atom is -0.307 e. The highest BCUT2D eigenvalue weighted by Gasteiger charge is 2.18. The van der Waals surface area contributed by atoms with Crippen molar-refractivity contribution in [3.05, 3.63) is 12.2 Å². The van der Waals surface area contributed by atoms with Crippen LogP contribution in [0.25, 0.3) is 0 Å². The molecular formula is C14H26N4. The lowest BCUT2D eigenvalue weighted by atomic mass is 9.85. The third kappa shape index (κ3) is 4.09. The van der Waals surface area contributed by atoms with Gasteiger partial charge in [-0.3, -0.25) is 5.10 Å². The van der Waals surface area contributed by atoms with Crippen molar-refractivity contribution in [1.29, 1.82) is 0 Å². The van der Waals surface area contributed by atoms with Crippen molar-refractivity contribution in [2.24, 2.45) is 5.92 Å². The van der Waals surface area contributed by atoms with Crippen LogP contribution in [0.1, 0.15) is 70.2 Å². The smallest absolute Gasteiger partial charge is 0.141 e. The van der Waals surface area contributed by atoms with Gasteiger partial charge in [0.1, 0.15) is 12.2 Å². The van der Waals surface area contributed by atoms with E-state index in [0.29, 0.717) is 6.04 Å². The molecule has 0 aliphatic heterocycles. The lowest BCUT2D eigenvalue weighted by molar-refractivity contribution is 0.311. The van der Waals surface area contributed by atoms with Gasteiger partial charge >= 0.3 is 0 Å². The Morgan fingerprint density at radius 2 is 2.22 bits per heavy atom. The minimum absolute atomic E-state index is 0.356. The largest absolute Gasteiger partial charge is 0.307 e. The van der Waals surface area contributed by atoms with Crippen LogP contribution in [0.2, 0.25) is 0 Å². The van der Waals surface area contributed by atoms with Gasteiger partial charge in [-0.15, -0.1) is 0 Å². The maximum absolute atomic E-state index is 4.30. The van der Waals surface area contributed by atoms with Crippen LogP contribution in [-0.4, -0.2) is 21.7 Å². The van der Waals surface area contributed by atoms with Crippen molar-refractivity contribution < 1.29 is 0 Å². The van der Waals surface area contributed by atoms with E-state index < -0.39 is 0 Å². The van der Waals surface area contributed by atoms with Crippen molar-refractivity contribution in [2.75, 3.05) is 6.54 Å². The number of nitrogens with zero attached hydrogens (tertiary/aromatic N) is 2. The zero-order chi connectivity index (χ0) is 12.6. The van der Waals surface area contributed by atoms with E-state index in [-0.39, 0.29) is 0 Å². The molecule has 0 spiro atoms. The van der Waals surface area contributed by atoms with Crippen molar-refractivity contribution in [1.82, 2.24) is 20.5 Å². The van der Waals surface area contributed by atoms with E-state index in [4.69, 9.17) is 0 Å². The molecule has 102 valence electrons. The lowest BCUT2D eigenvalue weighted by Gasteiger charge is -2.24. The molecule has 0 bridgehead atoms. The van der Waals surface area contributed by atoms with E-state index >= 15 is 0 Å². The van der Waals surface area contributed by atoms with Crippen molar-refractivity contribution in [3.63, 3.8) is 0 Å². The number of hydrogen-bond donors (Lipinski definition) is 2. The highest BCUT2D eigenvalue weighted by atomic mass is 15.2. The number of rotatable bonds is 7. The quantitative estimate of drug-likeness (QED) is 0.781. The van der Waals surface area contributed by atoms with Crippen LogP contribution in [-0.2, 0) is 0 Å². The Labute approximate surface area is 110 Å². The summed E-state index contributed by atoms with van der Waals surface area (Å²) in [5.74, 6) is 1.94. The number of nitrogens with one attached hydrogen (secondary N) is 2. The summed E-state index contributed by atoms with van der Waals surface area (Å²) in [6.45, 7) is 3.25. The van der Waals surface area contributed by atoms with Crippen LogP contribution in [0, 0.1) is 5.92 Å². The molecule has 4 heteroatoms. The predicted octanol–water partition coefficient (Wildman–Crippen LogP) is 3.21. The molecule has 18 heavy (non-hydrogen) atoms. The molecule has 1 aliphatic carbocycles. The minimum atomic E-state index is 0.356. The van der Waals surface area contributed by atoms with Crippen LogP contribution in [0.15, 0.2) is 6.33 Å². The first-order valence-electron chi connectivity index (χ1n) is 7.48. The van der Waals surface area contributed by atoms with Crippen LogP contribution in [0.3, 0.4) is 0 Å². The highest BCUT2D eigenvalue weighted by Crippen LogP contribution is 2.29. The molecule has 1 unspecified atom stereocenters. The normalized spacial score (nSPS) is 18.9. The zero-order valence-corrected chi connectivity index (χ0v) is 11.5. The molecule has 0 amide bonds.